The van der Waals surface area contributed by atoms with Crippen molar-refractivity contribution in [3.05, 3.63) is 34.9 Å². The summed E-state index contributed by atoms with van der Waals surface area (Å²) in [5, 5.41) is 2.99. The number of benzene rings is 1. The fourth-order valence-corrected chi connectivity index (χ4v) is 2.67. The van der Waals surface area contributed by atoms with Crippen LogP contribution in [0.2, 0.25) is 0 Å². The molecule has 0 bridgehead atoms. The molecule has 0 saturated carbocycles. The maximum absolute atomic E-state index is 12.2. The van der Waals surface area contributed by atoms with Crippen LogP contribution in [0, 0.1) is 0 Å². The van der Waals surface area contributed by atoms with Crippen molar-refractivity contribution < 1.29 is 27.5 Å². The van der Waals surface area contributed by atoms with E-state index in [2.05, 4.69) is 5.32 Å². The van der Waals surface area contributed by atoms with Crippen LogP contribution in [0.3, 0.4) is 0 Å². The summed E-state index contributed by atoms with van der Waals surface area (Å²) in [5.41, 5.74) is -0.0342. The molecule has 1 saturated heterocycles. The molecule has 0 amide bonds. The van der Waals surface area contributed by atoms with Crippen LogP contribution in [0.5, 0.6) is 0 Å². The molecule has 7 heteroatoms. The second-order valence-corrected chi connectivity index (χ2v) is 5.25. The number of ketones is 1. The predicted molar refractivity (Wildman–Crippen MR) is 66.0 cm³/mol. The molecule has 0 unspecified atom stereocenters. The number of carbonyl (C=O) groups excluding carboxylic acids is 2. The number of halogens is 3. The van der Waals surface area contributed by atoms with Gasteiger partial charge < -0.3 is 10.1 Å². The fourth-order valence-electron chi connectivity index (χ4n) is 2.67. The molecule has 0 radical (unpaired) electrons. The third kappa shape index (κ3) is 2.31. The molecular weight excluding hydrogens is 287 g/mol. The number of alkyl halides is 3. The van der Waals surface area contributed by atoms with E-state index in [-0.39, 0.29) is 11.1 Å². The topological polar surface area (TPSA) is 55.4 Å². The maximum atomic E-state index is 12.2. The van der Waals surface area contributed by atoms with Gasteiger partial charge in [-0.3, -0.25) is 4.79 Å². The average molecular weight is 299 g/mol. The highest BCUT2D eigenvalue weighted by Crippen LogP contribution is 2.41. The highest BCUT2D eigenvalue weighted by Gasteiger charge is 2.51. The van der Waals surface area contributed by atoms with Gasteiger partial charge in [0.05, 0.1) is 12.0 Å². The van der Waals surface area contributed by atoms with Gasteiger partial charge in [-0.05, 0) is 0 Å². The number of ether oxygens (including phenoxy) is 1. The second-order valence-electron chi connectivity index (χ2n) is 5.25. The van der Waals surface area contributed by atoms with Gasteiger partial charge in [-0.15, -0.1) is 0 Å². The largest absolute Gasteiger partial charge is 0.448 e. The van der Waals surface area contributed by atoms with Crippen molar-refractivity contribution in [1.29, 1.82) is 0 Å². The first-order valence-electron chi connectivity index (χ1n) is 6.50. The zero-order chi connectivity index (χ0) is 15.3. The Bertz CT molecular complexity index is 620. The molecular formula is C14H12F3NO3. The number of fused-ring (bicyclic) bond motifs is 2. The number of esters is 1. The molecule has 1 aromatic carbocycles. The monoisotopic (exact) mass is 299 g/mol. The van der Waals surface area contributed by atoms with Gasteiger partial charge >= 0.3 is 12.1 Å². The minimum Gasteiger partial charge on any atom is -0.448 e. The highest BCUT2D eigenvalue weighted by atomic mass is 19.4. The fraction of sp³-hybridized carbons (Fsp3) is 0.429. The van der Waals surface area contributed by atoms with Crippen LogP contribution in [0.15, 0.2) is 18.2 Å². The predicted octanol–water partition coefficient (Wildman–Crippen LogP) is 2.18. The highest BCUT2D eigenvalue weighted by molar-refractivity contribution is 6.08. The Hall–Kier alpha value is -1.89. The Balaban J connectivity index is 1.91. The molecule has 2 heterocycles. The first-order valence-corrected chi connectivity index (χ1v) is 6.50. The standard InChI is InChI=1S/C14H12F3NO3/c15-14(16,17)5-4-10(19)8-2-1-3-9-11(8)12(20)21-13(9)6-18-7-13/h1-3,18H,4-7H2. The molecule has 2 aliphatic rings. The number of hydrogen-bond acceptors (Lipinski definition) is 4. The lowest BCUT2D eigenvalue weighted by molar-refractivity contribution is -0.133. The van der Waals surface area contributed by atoms with E-state index in [9.17, 15) is 22.8 Å². The smallest absolute Gasteiger partial charge is 0.389 e. The minimum atomic E-state index is -4.40. The lowest BCUT2D eigenvalue weighted by Crippen LogP contribution is -2.56. The van der Waals surface area contributed by atoms with E-state index in [1.807, 2.05) is 0 Å². The molecule has 21 heavy (non-hydrogen) atoms. The van der Waals surface area contributed by atoms with E-state index < -0.39 is 36.4 Å². The van der Waals surface area contributed by atoms with E-state index in [0.717, 1.165) is 0 Å². The molecule has 4 nitrogen and oxygen atoms in total. The maximum Gasteiger partial charge on any atom is 0.389 e. The molecule has 3 rings (SSSR count). The zero-order valence-electron chi connectivity index (χ0n) is 10.9. The molecule has 1 spiro atoms. The van der Waals surface area contributed by atoms with Crippen molar-refractivity contribution in [3.8, 4) is 0 Å². The Labute approximate surface area is 118 Å². The molecule has 1 aromatic rings. The third-order valence-electron chi connectivity index (χ3n) is 3.80. The SMILES string of the molecule is O=C(CCC(F)(F)F)c1cccc2c1C(=O)OC21CNC1. The third-order valence-corrected chi connectivity index (χ3v) is 3.80. The summed E-state index contributed by atoms with van der Waals surface area (Å²) in [6.45, 7) is 0.901. The molecule has 1 N–H and O–H groups in total. The van der Waals surface area contributed by atoms with Gasteiger partial charge in [0.15, 0.2) is 11.4 Å². The number of rotatable bonds is 3. The number of hydrogen-bond donors (Lipinski definition) is 1. The van der Waals surface area contributed by atoms with Crippen LogP contribution in [0.1, 0.15) is 39.1 Å². The van der Waals surface area contributed by atoms with Gasteiger partial charge in [-0.1, -0.05) is 18.2 Å². The van der Waals surface area contributed by atoms with Gasteiger partial charge in [0.2, 0.25) is 0 Å². The summed E-state index contributed by atoms with van der Waals surface area (Å²) < 4.78 is 42.0. The van der Waals surface area contributed by atoms with Crippen molar-refractivity contribution in [2.75, 3.05) is 13.1 Å². The summed E-state index contributed by atoms with van der Waals surface area (Å²) in [7, 11) is 0. The van der Waals surface area contributed by atoms with E-state index in [1.165, 1.54) is 6.07 Å². The first-order chi connectivity index (χ1) is 9.82. The Morgan fingerprint density at radius 2 is 2.05 bits per heavy atom. The van der Waals surface area contributed by atoms with Crippen LogP contribution >= 0.6 is 0 Å². The molecule has 0 atom stereocenters. The van der Waals surface area contributed by atoms with Crippen LogP contribution in [-0.4, -0.2) is 31.0 Å². The summed E-state index contributed by atoms with van der Waals surface area (Å²) >= 11 is 0. The van der Waals surface area contributed by atoms with Crippen molar-refractivity contribution in [2.24, 2.45) is 0 Å². The van der Waals surface area contributed by atoms with Gasteiger partial charge in [-0.25, -0.2) is 4.79 Å². The number of carbonyl (C=O) groups is 2. The molecule has 112 valence electrons. The lowest BCUT2D eigenvalue weighted by atomic mass is 9.85. The van der Waals surface area contributed by atoms with Gasteiger partial charge in [0.1, 0.15) is 0 Å². The van der Waals surface area contributed by atoms with Crippen LogP contribution in [0.4, 0.5) is 13.2 Å². The number of nitrogens with one attached hydrogen (secondary N) is 1. The van der Waals surface area contributed by atoms with Crippen LogP contribution in [-0.2, 0) is 10.3 Å². The Morgan fingerprint density at radius 3 is 2.62 bits per heavy atom. The second kappa shape index (κ2) is 4.56. The van der Waals surface area contributed by atoms with Crippen molar-refractivity contribution in [1.82, 2.24) is 5.32 Å². The minimum absolute atomic E-state index is 0.0190. The van der Waals surface area contributed by atoms with Crippen LogP contribution < -0.4 is 5.32 Å². The van der Waals surface area contributed by atoms with Gasteiger partial charge in [-0.2, -0.15) is 13.2 Å². The average Bonchev–Trinajstić information content (AvgIpc) is 2.69. The van der Waals surface area contributed by atoms with E-state index >= 15 is 0 Å². The molecule has 0 aromatic heterocycles. The first kappa shape index (κ1) is 14.1. The number of Topliss-reactive ketones (excluding diaryl/α,β-unsaturated/α-hetero) is 1. The normalized spacial score (nSPS) is 19.1. The van der Waals surface area contributed by atoms with Crippen molar-refractivity contribution in [3.63, 3.8) is 0 Å². The molecule has 2 aliphatic heterocycles. The summed E-state index contributed by atoms with van der Waals surface area (Å²) in [6, 6.07) is 4.63. The zero-order valence-corrected chi connectivity index (χ0v) is 10.9. The van der Waals surface area contributed by atoms with E-state index in [4.69, 9.17) is 4.74 Å². The lowest BCUT2D eigenvalue weighted by Gasteiger charge is -2.38. The summed E-state index contributed by atoms with van der Waals surface area (Å²) in [5.74, 6) is -1.33. The quantitative estimate of drug-likeness (QED) is 0.686. The molecule has 1 fully saturated rings. The van der Waals surface area contributed by atoms with E-state index in [0.29, 0.717) is 18.7 Å². The van der Waals surface area contributed by atoms with Crippen molar-refractivity contribution >= 4 is 11.8 Å². The van der Waals surface area contributed by atoms with Gasteiger partial charge in [0, 0.05) is 30.6 Å². The summed E-state index contributed by atoms with van der Waals surface area (Å²) in [4.78, 5) is 24.0. The molecule has 0 aliphatic carbocycles. The summed E-state index contributed by atoms with van der Waals surface area (Å²) in [6.07, 6.45) is -6.26. The Kier molecular flexibility index (Phi) is 3.05. The van der Waals surface area contributed by atoms with E-state index in [1.54, 1.807) is 12.1 Å². The van der Waals surface area contributed by atoms with Gasteiger partial charge in [0.25, 0.3) is 0 Å². The van der Waals surface area contributed by atoms with Crippen molar-refractivity contribution in [2.45, 2.75) is 24.6 Å². The van der Waals surface area contributed by atoms with Crippen LogP contribution in [0.25, 0.3) is 0 Å². The Morgan fingerprint density at radius 1 is 1.33 bits per heavy atom.